The lowest BCUT2D eigenvalue weighted by atomic mass is 9.94. The fourth-order valence-electron chi connectivity index (χ4n) is 2.41. The minimum atomic E-state index is -1.01. The molecule has 0 bridgehead atoms. The molecule has 1 atom stereocenters. The third kappa shape index (κ3) is 2.75. The number of rotatable bonds is 3. The molecule has 0 fully saturated rings. The lowest BCUT2D eigenvalue weighted by Crippen LogP contribution is -2.53. The van der Waals surface area contributed by atoms with Crippen LogP contribution < -0.4 is 0 Å². The number of fused-ring (bicyclic) bond motifs is 1. The van der Waals surface area contributed by atoms with Crippen LogP contribution in [0.2, 0.25) is 0 Å². The smallest absolute Gasteiger partial charge is 0.326 e. The van der Waals surface area contributed by atoms with Crippen molar-refractivity contribution < 1.29 is 19.8 Å². The second-order valence-corrected chi connectivity index (χ2v) is 4.88. The monoisotopic (exact) mass is 278 g/mol. The van der Waals surface area contributed by atoms with E-state index in [2.05, 4.69) is 0 Å². The minimum absolute atomic E-state index is 0.148. The number of nitrogens with zero attached hydrogens (tertiary/aromatic N) is 2. The first kappa shape index (κ1) is 14.3. The summed E-state index contributed by atoms with van der Waals surface area (Å²) in [6, 6.07) is 6.30. The molecule has 0 saturated carbocycles. The molecule has 2 amide bonds. The van der Waals surface area contributed by atoms with Gasteiger partial charge in [0.25, 0.3) is 0 Å². The van der Waals surface area contributed by atoms with E-state index in [1.807, 2.05) is 24.3 Å². The van der Waals surface area contributed by atoms with Crippen LogP contribution in [0.1, 0.15) is 11.1 Å². The second kappa shape index (κ2) is 5.92. The van der Waals surface area contributed by atoms with Gasteiger partial charge in [0.2, 0.25) is 0 Å². The van der Waals surface area contributed by atoms with Crippen molar-refractivity contribution in [3.63, 3.8) is 0 Å². The van der Waals surface area contributed by atoms with E-state index >= 15 is 0 Å². The third-order valence-corrected chi connectivity index (χ3v) is 3.54. The number of likely N-dealkylation sites (N-methyl/N-ethyl adjacent to an activating group) is 1. The molecule has 1 aromatic carbocycles. The van der Waals surface area contributed by atoms with Crippen LogP contribution in [0.5, 0.6) is 0 Å². The number of carbonyl (C=O) groups is 2. The highest BCUT2D eigenvalue weighted by Gasteiger charge is 2.35. The Balaban J connectivity index is 2.26. The van der Waals surface area contributed by atoms with Crippen molar-refractivity contribution in [2.45, 2.75) is 19.0 Å². The van der Waals surface area contributed by atoms with Crippen LogP contribution in [-0.2, 0) is 17.8 Å². The van der Waals surface area contributed by atoms with Crippen molar-refractivity contribution in [1.29, 1.82) is 0 Å². The molecule has 0 aliphatic carbocycles. The number of amides is 2. The SMILES string of the molecule is CN(CCO)C(=O)N1Cc2ccccc2C[C@@H]1C(=O)O. The molecule has 2 rings (SSSR count). The minimum Gasteiger partial charge on any atom is -0.480 e. The van der Waals surface area contributed by atoms with Crippen LogP contribution in [0.4, 0.5) is 4.79 Å². The Morgan fingerprint density at radius 1 is 1.35 bits per heavy atom. The average Bonchev–Trinajstić information content (AvgIpc) is 2.45. The second-order valence-electron chi connectivity index (χ2n) is 4.88. The van der Waals surface area contributed by atoms with Gasteiger partial charge in [-0.2, -0.15) is 0 Å². The number of hydrogen-bond donors (Lipinski definition) is 2. The number of carbonyl (C=O) groups excluding carboxylic acids is 1. The van der Waals surface area contributed by atoms with E-state index in [1.165, 1.54) is 9.80 Å². The zero-order chi connectivity index (χ0) is 14.7. The molecular weight excluding hydrogens is 260 g/mol. The Labute approximate surface area is 117 Å². The Bertz CT molecular complexity index is 518. The van der Waals surface area contributed by atoms with Gasteiger partial charge in [0.1, 0.15) is 6.04 Å². The van der Waals surface area contributed by atoms with Gasteiger partial charge >= 0.3 is 12.0 Å². The Morgan fingerprint density at radius 2 is 2.00 bits per heavy atom. The molecule has 1 aromatic rings. The number of carboxylic acid groups (broad SMARTS) is 1. The van der Waals surface area contributed by atoms with E-state index in [9.17, 15) is 14.7 Å². The Morgan fingerprint density at radius 3 is 2.60 bits per heavy atom. The maximum atomic E-state index is 12.3. The molecule has 6 nitrogen and oxygen atoms in total. The fourth-order valence-corrected chi connectivity index (χ4v) is 2.41. The summed E-state index contributed by atoms with van der Waals surface area (Å²) in [5, 5.41) is 18.2. The quantitative estimate of drug-likeness (QED) is 0.845. The normalized spacial score (nSPS) is 17.5. The average molecular weight is 278 g/mol. The summed E-state index contributed by atoms with van der Waals surface area (Å²) in [7, 11) is 1.55. The van der Waals surface area contributed by atoms with Crippen LogP contribution in [0.25, 0.3) is 0 Å². The van der Waals surface area contributed by atoms with Gasteiger partial charge in [0.05, 0.1) is 6.61 Å². The van der Waals surface area contributed by atoms with Crippen LogP contribution in [-0.4, -0.2) is 58.3 Å². The van der Waals surface area contributed by atoms with Crippen LogP contribution >= 0.6 is 0 Å². The number of aliphatic hydroxyl groups excluding tert-OH is 1. The summed E-state index contributed by atoms with van der Waals surface area (Å²) >= 11 is 0. The summed E-state index contributed by atoms with van der Waals surface area (Å²) in [5.41, 5.74) is 1.93. The number of aliphatic hydroxyl groups is 1. The molecule has 0 spiro atoms. The number of urea groups is 1. The maximum Gasteiger partial charge on any atom is 0.326 e. The van der Waals surface area contributed by atoms with E-state index in [4.69, 9.17) is 5.11 Å². The van der Waals surface area contributed by atoms with Crippen molar-refractivity contribution >= 4 is 12.0 Å². The van der Waals surface area contributed by atoms with E-state index in [0.717, 1.165) is 11.1 Å². The lowest BCUT2D eigenvalue weighted by molar-refractivity contribution is -0.142. The van der Waals surface area contributed by atoms with Gasteiger partial charge in [0.15, 0.2) is 0 Å². The molecule has 1 heterocycles. The molecule has 20 heavy (non-hydrogen) atoms. The lowest BCUT2D eigenvalue weighted by Gasteiger charge is -2.36. The molecule has 0 radical (unpaired) electrons. The summed E-state index contributed by atoms with van der Waals surface area (Å²) in [6.45, 7) is 0.315. The first-order valence-electron chi connectivity index (χ1n) is 6.46. The largest absolute Gasteiger partial charge is 0.480 e. The highest BCUT2D eigenvalue weighted by molar-refractivity contribution is 5.83. The summed E-state index contributed by atoms with van der Waals surface area (Å²) < 4.78 is 0. The number of hydrogen-bond acceptors (Lipinski definition) is 3. The van der Waals surface area contributed by atoms with Crippen molar-refractivity contribution in [3.8, 4) is 0 Å². The van der Waals surface area contributed by atoms with Gasteiger partial charge in [-0.25, -0.2) is 9.59 Å². The van der Waals surface area contributed by atoms with Crippen LogP contribution in [0, 0.1) is 0 Å². The molecule has 108 valence electrons. The molecule has 0 saturated heterocycles. The highest BCUT2D eigenvalue weighted by atomic mass is 16.4. The molecule has 2 N–H and O–H groups in total. The predicted octanol–water partition coefficient (Wildman–Crippen LogP) is 0.542. The standard InChI is InChI=1S/C14H18N2O4/c1-15(6-7-17)14(20)16-9-11-5-3-2-4-10(11)8-12(16)13(18)19/h2-5,12,17H,6-9H2,1H3,(H,18,19)/t12-/m1/s1. The summed E-state index contributed by atoms with van der Waals surface area (Å²) in [5.74, 6) is -1.01. The molecular formula is C14H18N2O4. The van der Waals surface area contributed by atoms with Gasteiger partial charge < -0.3 is 20.0 Å². The summed E-state index contributed by atoms with van der Waals surface area (Å²) in [6.07, 6.45) is 0.310. The molecule has 0 aromatic heterocycles. The van der Waals surface area contributed by atoms with Gasteiger partial charge in [0, 0.05) is 26.6 Å². The van der Waals surface area contributed by atoms with Crippen molar-refractivity contribution in [3.05, 3.63) is 35.4 Å². The molecule has 0 unspecified atom stereocenters. The molecule has 1 aliphatic rings. The fraction of sp³-hybridized carbons (Fsp3) is 0.429. The first-order chi connectivity index (χ1) is 9.54. The van der Waals surface area contributed by atoms with E-state index in [1.54, 1.807) is 7.05 Å². The zero-order valence-electron chi connectivity index (χ0n) is 11.3. The van der Waals surface area contributed by atoms with Gasteiger partial charge in [-0.05, 0) is 11.1 Å². The number of carboxylic acids is 1. The van der Waals surface area contributed by atoms with Crippen molar-refractivity contribution in [2.75, 3.05) is 20.2 Å². The van der Waals surface area contributed by atoms with Crippen molar-refractivity contribution in [1.82, 2.24) is 9.80 Å². The number of benzene rings is 1. The van der Waals surface area contributed by atoms with Crippen LogP contribution in [0.15, 0.2) is 24.3 Å². The van der Waals surface area contributed by atoms with Crippen molar-refractivity contribution in [2.24, 2.45) is 0 Å². The van der Waals surface area contributed by atoms with E-state index < -0.39 is 12.0 Å². The van der Waals surface area contributed by atoms with Gasteiger partial charge in [-0.3, -0.25) is 0 Å². The third-order valence-electron chi connectivity index (χ3n) is 3.54. The molecule has 6 heteroatoms. The Kier molecular flexibility index (Phi) is 4.24. The van der Waals surface area contributed by atoms with E-state index in [0.29, 0.717) is 6.42 Å². The Hall–Kier alpha value is -2.08. The predicted molar refractivity (Wildman–Crippen MR) is 72.2 cm³/mol. The van der Waals surface area contributed by atoms with Crippen LogP contribution in [0.3, 0.4) is 0 Å². The highest BCUT2D eigenvalue weighted by Crippen LogP contribution is 2.24. The summed E-state index contributed by atoms with van der Waals surface area (Å²) in [4.78, 5) is 26.4. The van der Waals surface area contributed by atoms with Gasteiger partial charge in [-0.1, -0.05) is 24.3 Å². The number of aliphatic carboxylic acids is 1. The topological polar surface area (TPSA) is 81.1 Å². The zero-order valence-corrected chi connectivity index (χ0v) is 11.3. The van der Waals surface area contributed by atoms with Gasteiger partial charge in [-0.15, -0.1) is 0 Å². The van der Waals surface area contributed by atoms with E-state index in [-0.39, 0.29) is 25.7 Å². The molecule has 1 aliphatic heterocycles. The maximum absolute atomic E-state index is 12.3. The first-order valence-corrected chi connectivity index (χ1v) is 6.46.